The summed E-state index contributed by atoms with van der Waals surface area (Å²) in [5.74, 6) is 3.27. The van der Waals surface area contributed by atoms with Crippen LogP contribution in [-0.2, 0) is 14.3 Å². The molecule has 0 aromatic carbocycles. The van der Waals surface area contributed by atoms with Gasteiger partial charge >= 0.3 is 0 Å². The third-order valence-electron chi connectivity index (χ3n) is 9.51. The molecule has 4 aliphatic carbocycles. The van der Waals surface area contributed by atoms with Gasteiger partial charge in [-0.15, -0.1) is 0 Å². The number of hydrogen-bond donors (Lipinski definition) is 0. The van der Waals surface area contributed by atoms with Crippen molar-refractivity contribution >= 4 is 5.78 Å². The molecule has 1 spiro atoms. The first-order chi connectivity index (χ1) is 12.0. The van der Waals surface area contributed by atoms with Crippen molar-refractivity contribution in [3.63, 3.8) is 0 Å². The molecule has 1 saturated heterocycles. The molecule has 0 N–H and O–H groups in total. The summed E-state index contributed by atoms with van der Waals surface area (Å²) in [7, 11) is 0. The summed E-state index contributed by atoms with van der Waals surface area (Å²) in [6, 6.07) is 0. The lowest BCUT2D eigenvalue weighted by Crippen LogP contribution is -2.55. The van der Waals surface area contributed by atoms with Crippen LogP contribution in [0.4, 0.5) is 0 Å². The molecule has 0 aromatic rings. The summed E-state index contributed by atoms with van der Waals surface area (Å²) >= 11 is 0. The minimum Gasteiger partial charge on any atom is -0.347 e. The first-order valence-corrected chi connectivity index (χ1v) is 10.8. The molecular weight excluding hydrogens is 312 g/mol. The highest BCUT2D eigenvalue weighted by Crippen LogP contribution is 2.69. The molecule has 1 heterocycles. The average molecular weight is 347 g/mol. The molecule has 4 saturated carbocycles. The fourth-order valence-corrected chi connectivity index (χ4v) is 8.19. The predicted octanol–water partition coefficient (Wildman–Crippen LogP) is 4.73. The predicted molar refractivity (Wildman–Crippen MR) is 96.0 cm³/mol. The van der Waals surface area contributed by atoms with E-state index in [0.717, 1.165) is 56.7 Å². The van der Waals surface area contributed by atoms with E-state index in [0.29, 0.717) is 17.1 Å². The Morgan fingerprint density at radius 1 is 0.920 bits per heavy atom. The smallest absolute Gasteiger partial charge is 0.174 e. The average Bonchev–Trinajstić information content (AvgIpc) is 3.13. The Bertz CT molecular complexity index is 566. The second kappa shape index (κ2) is 5.55. The summed E-state index contributed by atoms with van der Waals surface area (Å²) in [6.07, 6.45) is 11.6. The van der Waals surface area contributed by atoms with Gasteiger partial charge in [0.1, 0.15) is 5.78 Å². The largest absolute Gasteiger partial charge is 0.347 e. The van der Waals surface area contributed by atoms with Crippen LogP contribution < -0.4 is 0 Å². The third kappa shape index (κ3) is 2.15. The lowest BCUT2D eigenvalue weighted by molar-refractivity contribution is -0.246. The highest BCUT2D eigenvalue weighted by molar-refractivity contribution is 5.79. The van der Waals surface area contributed by atoms with Crippen LogP contribution in [0.2, 0.25) is 0 Å². The van der Waals surface area contributed by atoms with E-state index in [9.17, 15) is 4.79 Å². The lowest BCUT2D eigenvalue weighted by Gasteiger charge is -2.59. The van der Waals surface area contributed by atoms with E-state index in [1.165, 1.54) is 38.5 Å². The highest BCUT2D eigenvalue weighted by Gasteiger charge is 2.67. The zero-order chi connectivity index (χ0) is 17.3. The fraction of sp³-hybridized carbons (Fsp3) is 0.955. The SMILES string of the molecule is C[C@]12CCC3C(CC[C@H]4CC(=O)CCC[C@]34C)[C@@H]1CCC21OCCO1. The van der Waals surface area contributed by atoms with Crippen molar-refractivity contribution in [3.05, 3.63) is 0 Å². The van der Waals surface area contributed by atoms with Crippen molar-refractivity contribution < 1.29 is 14.3 Å². The lowest BCUT2D eigenvalue weighted by atomic mass is 9.46. The van der Waals surface area contributed by atoms with E-state index >= 15 is 0 Å². The number of rotatable bonds is 0. The maximum atomic E-state index is 12.2. The molecule has 0 amide bonds. The summed E-state index contributed by atoms with van der Waals surface area (Å²) in [5.41, 5.74) is 0.595. The van der Waals surface area contributed by atoms with Crippen LogP contribution in [-0.4, -0.2) is 24.8 Å². The van der Waals surface area contributed by atoms with Gasteiger partial charge in [0.15, 0.2) is 5.79 Å². The van der Waals surface area contributed by atoms with Crippen molar-refractivity contribution in [2.24, 2.45) is 34.5 Å². The Labute approximate surface area is 152 Å². The first-order valence-electron chi connectivity index (χ1n) is 10.8. The van der Waals surface area contributed by atoms with E-state index < -0.39 is 0 Å². The first kappa shape index (κ1) is 16.7. The van der Waals surface area contributed by atoms with E-state index in [2.05, 4.69) is 13.8 Å². The second-order valence-corrected chi connectivity index (χ2v) is 10.2. The van der Waals surface area contributed by atoms with E-state index in [1.54, 1.807) is 0 Å². The third-order valence-corrected chi connectivity index (χ3v) is 9.51. The van der Waals surface area contributed by atoms with Crippen molar-refractivity contribution in [2.45, 2.75) is 83.8 Å². The number of Topliss-reactive ketones (excluding diaryl/α,β-unsaturated/α-hetero) is 1. The molecule has 0 aromatic heterocycles. The van der Waals surface area contributed by atoms with E-state index in [4.69, 9.17) is 9.47 Å². The van der Waals surface area contributed by atoms with Crippen molar-refractivity contribution in [3.8, 4) is 0 Å². The molecule has 6 atom stereocenters. The van der Waals surface area contributed by atoms with E-state index in [-0.39, 0.29) is 11.2 Å². The quantitative estimate of drug-likeness (QED) is 0.636. The summed E-state index contributed by atoms with van der Waals surface area (Å²) in [5, 5.41) is 0. The van der Waals surface area contributed by atoms with E-state index in [1.807, 2.05) is 0 Å². The van der Waals surface area contributed by atoms with Gasteiger partial charge in [-0.3, -0.25) is 4.79 Å². The van der Waals surface area contributed by atoms with Gasteiger partial charge in [-0.1, -0.05) is 13.8 Å². The molecule has 3 nitrogen and oxygen atoms in total. The zero-order valence-electron chi connectivity index (χ0n) is 16.0. The van der Waals surface area contributed by atoms with Gasteiger partial charge < -0.3 is 9.47 Å². The highest BCUT2D eigenvalue weighted by atomic mass is 16.7. The molecule has 2 unspecified atom stereocenters. The summed E-state index contributed by atoms with van der Waals surface area (Å²) < 4.78 is 12.5. The minimum absolute atomic E-state index is 0.203. The molecule has 0 radical (unpaired) electrons. The second-order valence-electron chi connectivity index (χ2n) is 10.2. The van der Waals surface area contributed by atoms with Gasteiger partial charge in [0.05, 0.1) is 13.2 Å². The van der Waals surface area contributed by atoms with Crippen LogP contribution in [0.1, 0.15) is 78.1 Å². The fourth-order valence-electron chi connectivity index (χ4n) is 8.19. The molecule has 1 aliphatic heterocycles. The molecule has 0 bridgehead atoms. The maximum absolute atomic E-state index is 12.2. The molecule has 25 heavy (non-hydrogen) atoms. The standard InChI is InChI=1S/C22H34O3/c1-20-9-3-4-16(23)14-15(20)5-6-17-18(20)7-10-21(2)19(17)8-11-22(21)24-12-13-25-22/h15,17-19H,3-14H2,1-2H3/t15-,17?,18?,19-,20-,21-/m0/s1. The van der Waals surface area contributed by atoms with Crippen LogP contribution >= 0.6 is 0 Å². The number of fused-ring (bicyclic) bond motifs is 6. The molecule has 5 rings (SSSR count). The van der Waals surface area contributed by atoms with Crippen LogP contribution in [0, 0.1) is 34.5 Å². The van der Waals surface area contributed by atoms with Gasteiger partial charge in [0, 0.05) is 24.7 Å². The van der Waals surface area contributed by atoms with Crippen LogP contribution in [0.3, 0.4) is 0 Å². The maximum Gasteiger partial charge on any atom is 0.174 e. The van der Waals surface area contributed by atoms with Crippen LogP contribution in [0.15, 0.2) is 0 Å². The summed E-state index contributed by atoms with van der Waals surface area (Å²) in [6.45, 7) is 6.57. The Kier molecular flexibility index (Phi) is 3.71. The number of carbonyl (C=O) groups excluding carboxylic acids is 1. The van der Waals surface area contributed by atoms with Crippen LogP contribution in [0.25, 0.3) is 0 Å². The van der Waals surface area contributed by atoms with Gasteiger partial charge in [-0.25, -0.2) is 0 Å². The Balaban J connectivity index is 1.46. The van der Waals surface area contributed by atoms with Gasteiger partial charge in [0.2, 0.25) is 0 Å². The topological polar surface area (TPSA) is 35.5 Å². The minimum atomic E-state index is -0.278. The normalized spacial score (nSPS) is 51.7. The Morgan fingerprint density at radius 2 is 1.68 bits per heavy atom. The van der Waals surface area contributed by atoms with Crippen molar-refractivity contribution in [1.29, 1.82) is 0 Å². The van der Waals surface area contributed by atoms with Crippen molar-refractivity contribution in [1.82, 2.24) is 0 Å². The molecule has 5 aliphatic rings. The zero-order valence-corrected chi connectivity index (χ0v) is 16.0. The number of carbonyl (C=O) groups is 1. The monoisotopic (exact) mass is 346 g/mol. The molecule has 5 fully saturated rings. The molecule has 140 valence electrons. The Morgan fingerprint density at radius 3 is 2.48 bits per heavy atom. The number of ketones is 1. The molecular formula is C22H34O3. The number of ether oxygens (including phenoxy) is 2. The summed E-state index contributed by atoms with van der Waals surface area (Å²) in [4.78, 5) is 12.2. The van der Waals surface area contributed by atoms with Gasteiger partial charge in [-0.05, 0) is 74.0 Å². The number of hydrogen-bond acceptors (Lipinski definition) is 3. The van der Waals surface area contributed by atoms with Crippen LogP contribution in [0.5, 0.6) is 0 Å². The Hall–Kier alpha value is -0.410. The van der Waals surface area contributed by atoms with Crippen molar-refractivity contribution in [2.75, 3.05) is 13.2 Å². The molecule has 3 heteroatoms. The van der Waals surface area contributed by atoms with Gasteiger partial charge in [0.25, 0.3) is 0 Å². The van der Waals surface area contributed by atoms with Gasteiger partial charge in [-0.2, -0.15) is 0 Å².